The number of benzene rings is 5. The lowest BCUT2D eigenvalue weighted by molar-refractivity contribution is 0.440. The van der Waals surface area contributed by atoms with Crippen molar-refractivity contribution in [1.82, 2.24) is 0 Å². The highest BCUT2D eigenvalue weighted by Gasteiger charge is 2.25. The van der Waals surface area contributed by atoms with Crippen LogP contribution < -0.4 is 5.73 Å². The molecule has 5 aromatic rings. The lowest BCUT2D eigenvalue weighted by Gasteiger charge is -2.29. The Labute approximate surface area is 286 Å². The molecule has 6 unspecified atom stereocenters. The van der Waals surface area contributed by atoms with Crippen LogP contribution in [0.15, 0.2) is 140 Å². The summed E-state index contributed by atoms with van der Waals surface area (Å²) in [7, 11) is 0. The molecule has 0 aliphatic rings. The predicted molar refractivity (Wildman–Crippen MR) is 206 cm³/mol. The van der Waals surface area contributed by atoms with E-state index >= 15 is 0 Å². The van der Waals surface area contributed by atoms with Crippen LogP contribution in [0.4, 0.5) is 5.69 Å². The van der Waals surface area contributed by atoms with Crippen LogP contribution >= 0.6 is 0 Å². The number of rotatable bonds is 14. The van der Waals surface area contributed by atoms with Crippen molar-refractivity contribution < 1.29 is 0 Å². The Balaban J connectivity index is 0.00000245. The van der Waals surface area contributed by atoms with Crippen LogP contribution in [0.1, 0.15) is 136 Å². The van der Waals surface area contributed by atoms with Crippen molar-refractivity contribution in [2.24, 2.45) is 0 Å². The second-order valence-corrected chi connectivity index (χ2v) is 13.5. The van der Waals surface area contributed by atoms with Crippen LogP contribution in [0.5, 0.6) is 0 Å². The van der Waals surface area contributed by atoms with Gasteiger partial charge >= 0.3 is 0 Å². The van der Waals surface area contributed by atoms with Gasteiger partial charge in [-0.3, -0.25) is 0 Å². The summed E-state index contributed by atoms with van der Waals surface area (Å²) < 4.78 is 0. The third-order valence-electron chi connectivity index (χ3n) is 10.0. The first-order chi connectivity index (χ1) is 22.9. The lowest BCUT2D eigenvalue weighted by Crippen LogP contribution is -2.12. The molecule has 0 amide bonds. The quantitative estimate of drug-likeness (QED) is 0.122. The smallest absolute Gasteiger partial charge is 0.0314 e. The van der Waals surface area contributed by atoms with Crippen LogP contribution in [-0.2, 0) is 0 Å². The third kappa shape index (κ3) is 10.4. The van der Waals surface area contributed by atoms with Crippen LogP contribution in [0, 0.1) is 0 Å². The van der Waals surface area contributed by atoms with Crippen molar-refractivity contribution in [2.75, 3.05) is 5.73 Å². The summed E-state index contributed by atoms with van der Waals surface area (Å²) in [5.74, 6) is 2.90. The van der Waals surface area contributed by atoms with Gasteiger partial charge in [0.25, 0.3) is 0 Å². The fourth-order valence-corrected chi connectivity index (χ4v) is 7.22. The molecule has 0 saturated carbocycles. The van der Waals surface area contributed by atoms with Crippen LogP contribution in [0.2, 0.25) is 0 Å². The van der Waals surface area contributed by atoms with Crippen molar-refractivity contribution in [3.05, 3.63) is 173 Å². The minimum Gasteiger partial charge on any atom is -0.399 e. The van der Waals surface area contributed by atoms with E-state index in [4.69, 9.17) is 5.73 Å². The minimum atomic E-state index is 0.438. The second-order valence-electron chi connectivity index (χ2n) is 13.5. The summed E-state index contributed by atoms with van der Waals surface area (Å²) >= 11 is 0. The minimum absolute atomic E-state index is 0.438. The van der Waals surface area contributed by atoms with E-state index in [1.54, 1.807) is 0 Å². The zero-order valence-corrected chi connectivity index (χ0v) is 29.6. The first-order valence-corrected chi connectivity index (χ1v) is 18.0. The molecule has 0 aliphatic heterocycles. The van der Waals surface area contributed by atoms with E-state index in [1.807, 2.05) is 13.8 Å². The molecule has 47 heavy (non-hydrogen) atoms. The van der Waals surface area contributed by atoms with Gasteiger partial charge < -0.3 is 5.73 Å². The number of nitrogens with two attached hydrogens (primary N) is 1. The Morgan fingerprint density at radius 3 is 1.00 bits per heavy atom. The molecule has 1 nitrogen and oxygen atoms in total. The van der Waals surface area contributed by atoms with Crippen molar-refractivity contribution >= 4 is 5.69 Å². The van der Waals surface area contributed by atoms with E-state index in [0.29, 0.717) is 35.5 Å². The Morgan fingerprint density at radius 2 is 0.617 bits per heavy atom. The zero-order valence-electron chi connectivity index (χ0n) is 29.6. The molecule has 5 rings (SSSR count). The second kappa shape index (κ2) is 18.3. The van der Waals surface area contributed by atoms with E-state index in [9.17, 15) is 0 Å². The molecule has 0 saturated heterocycles. The first-order valence-electron chi connectivity index (χ1n) is 18.0. The SMILES string of the molecule is CC.CC(CC(C)c1ccc(C(C)CC(CC(CC(C)c2ccccc2)c2ccc(N)cc2)c2ccccc2)cc1)c1ccccc1. The van der Waals surface area contributed by atoms with Crippen molar-refractivity contribution in [2.45, 2.75) is 103 Å². The highest BCUT2D eigenvalue weighted by molar-refractivity contribution is 5.41. The molecular weight excluding hydrogens is 567 g/mol. The standard InChI is InChI=1S/C44H51N.C2H6/c1-32(36-14-8-5-9-15-36)28-33(2)38-20-22-39(23-21-38)35(4)30-42(40-18-12-7-13-19-40)31-43(41-24-26-44(45)27-25-41)29-34(3)37-16-10-6-11-17-37;1-2/h5-27,32-35,42-43H,28-31,45H2,1-4H3;1-2H3. The normalized spacial score (nSPS) is 14.9. The molecule has 0 spiro atoms. The summed E-state index contributed by atoms with van der Waals surface area (Å²) in [6.45, 7) is 13.5. The topological polar surface area (TPSA) is 26.0 Å². The highest BCUT2D eigenvalue weighted by atomic mass is 14.5. The summed E-state index contributed by atoms with van der Waals surface area (Å²) in [5.41, 5.74) is 15.5. The fourth-order valence-electron chi connectivity index (χ4n) is 7.22. The van der Waals surface area contributed by atoms with Gasteiger partial charge in [0, 0.05) is 5.69 Å². The Morgan fingerprint density at radius 1 is 0.340 bits per heavy atom. The maximum atomic E-state index is 6.12. The maximum Gasteiger partial charge on any atom is 0.0314 e. The van der Waals surface area contributed by atoms with Gasteiger partial charge in [-0.2, -0.15) is 0 Å². The molecular formula is C46H57N. The summed E-state index contributed by atoms with van der Waals surface area (Å²) in [5, 5.41) is 0. The molecule has 2 N–H and O–H groups in total. The van der Waals surface area contributed by atoms with Gasteiger partial charge in [-0.1, -0.05) is 169 Å². The molecule has 6 atom stereocenters. The molecule has 1 heteroatoms. The number of hydrogen-bond donors (Lipinski definition) is 1. The zero-order chi connectivity index (χ0) is 33.6. The van der Waals surface area contributed by atoms with Gasteiger partial charge in [-0.05, 0) is 107 Å². The predicted octanol–water partition coefficient (Wildman–Crippen LogP) is 13.2. The Hall–Kier alpha value is -4.10. The molecule has 0 fully saturated rings. The molecule has 0 radical (unpaired) electrons. The number of anilines is 1. The largest absolute Gasteiger partial charge is 0.399 e. The van der Waals surface area contributed by atoms with E-state index < -0.39 is 0 Å². The fraction of sp³-hybridized carbons (Fsp3) is 0.348. The van der Waals surface area contributed by atoms with Crippen molar-refractivity contribution in [3.8, 4) is 0 Å². The van der Waals surface area contributed by atoms with Gasteiger partial charge in [0.15, 0.2) is 0 Å². The van der Waals surface area contributed by atoms with Gasteiger partial charge in [-0.25, -0.2) is 0 Å². The van der Waals surface area contributed by atoms with Crippen LogP contribution in [0.25, 0.3) is 0 Å². The van der Waals surface area contributed by atoms with Gasteiger partial charge in [0.2, 0.25) is 0 Å². The van der Waals surface area contributed by atoms with Crippen molar-refractivity contribution in [1.29, 1.82) is 0 Å². The van der Waals surface area contributed by atoms with Gasteiger partial charge in [0.1, 0.15) is 0 Å². The van der Waals surface area contributed by atoms with E-state index in [1.165, 1.54) is 33.4 Å². The van der Waals surface area contributed by atoms with Gasteiger partial charge in [0.05, 0.1) is 0 Å². The Kier molecular flexibility index (Phi) is 13.9. The Bertz CT molecular complexity index is 1540. The lowest BCUT2D eigenvalue weighted by atomic mass is 9.76. The van der Waals surface area contributed by atoms with Crippen LogP contribution in [-0.4, -0.2) is 0 Å². The summed E-state index contributed by atoms with van der Waals surface area (Å²) in [6.07, 6.45) is 4.50. The average Bonchev–Trinajstić information content (AvgIpc) is 3.13. The molecule has 246 valence electrons. The van der Waals surface area contributed by atoms with Crippen LogP contribution in [0.3, 0.4) is 0 Å². The van der Waals surface area contributed by atoms with Crippen molar-refractivity contribution in [3.63, 3.8) is 0 Å². The van der Waals surface area contributed by atoms with E-state index in [-0.39, 0.29) is 0 Å². The van der Waals surface area contributed by atoms with Gasteiger partial charge in [-0.15, -0.1) is 0 Å². The molecule has 0 aromatic heterocycles. The third-order valence-corrected chi connectivity index (χ3v) is 10.0. The number of hydrogen-bond acceptors (Lipinski definition) is 1. The summed E-state index contributed by atoms with van der Waals surface area (Å²) in [4.78, 5) is 0. The maximum absolute atomic E-state index is 6.12. The van der Waals surface area contributed by atoms with E-state index in [2.05, 4.69) is 167 Å². The van der Waals surface area contributed by atoms with E-state index in [0.717, 1.165) is 31.4 Å². The molecule has 0 heterocycles. The molecule has 0 bridgehead atoms. The highest BCUT2D eigenvalue weighted by Crippen LogP contribution is 2.41. The number of nitrogen functional groups attached to an aromatic ring is 1. The summed E-state index contributed by atoms with van der Waals surface area (Å²) in [6, 6.07) is 51.3. The first kappa shape index (κ1) is 35.7. The molecule has 5 aromatic carbocycles. The average molecular weight is 624 g/mol. The monoisotopic (exact) mass is 623 g/mol. The molecule has 0 aliphatic carbocycles.